The summed E-state index contributed by atoms with van der Waals surface area (Å²) < 4.78 is 5.39. The molecule has 2 atom stereocenters. The topological polar surface area (TPSA) is 66.8 Å². The highest BCUT2D eigenvalue weighted by molar-refractivity contribution is 5.80. The van der Waals surface area contributed by atoms with Crippen LogP contribution >= 0.6 is 0 Å². The quantitative estimate of drug-likeness (QED) is 0.877. The van der Waals surface area contributed by atoms with Gasteiger partial charge >= 0.3 is 5.97 Å². The van der Waals surface area contributed by atoms with Crippen LogP contribution in [0.4, 0.5) is 0 Å². The lowest BCUT2D eigenvalue weighted by molar-refractivity contribution is -0.141. The van der Waals surface area contributed by atoms with E-state index >= 15 is 0 Å². The second kappa shape index (κ2) is 7.29. The van der Waals surface area contributed by atoms with Gasteiger partial charge < -0.3 is 14.7 Å². The highest BCUT2D eigenvalue weighted by atomic mass is 16.5. The Hall–Kier alpha value is -2.04. The molecular weight excluding hydrogens is 282 g/mol. The molecule has 0 bridgehead atoms. The lowest BCUT2D eigenvalue weighted by Crippen LogP contribution is -2.31. The number of ether oxygens (including phenoxy) is 1. The van der Waals surface area contributed by atoms with E-state index in [9.17, 15) is 9.59 Å². The van der Waals surface area contributed by atoms with E-state index in [0.29, 0.717) is 32.4 Å². The molecule has 1 aliphatic carbocycles. The van der Waals surface area contributed by atoms with Crippen LogP contribution < -0.4 is 4.74 Å². The van der Waals surface area contributed by atoms with E-state index in [4.69, 9.17) is 9.84 Å². The number of aliphatic carboxylic acids is 1. The Morgan fingerprint density at radius 1 is 1.23 bits per heavy atom. The van der Waals surface area contributed by atoms with Gasteiger partial charge in [0.15, 0.2) is 0 Å². The first-order valence-electron chi connectivity index (χ1n) is 7.70. The van der Waals surface area contributed by atoms with E-state index in [0.717, 1.165) is 11.3 Å². The number of carboxylic acids is 1. The molecule has 120 valence electrons. The zero-order valence-electron chi connectivity index (χ0n) is 13.1. The van der Waals surface area contributed by atoms with E-state index in [1.165, 1.54) is 0 Å². The molecule has 0 spiro atoms. The molecule has 0 unspecified atom stereocenters. The van der Waals surface area contributed by atoms with Crippen LogP contribution in [0, 0.1) is 11.8 Å². The van der Waals surface area contributed by atoms with Gasteiger partial charge in [-0.3, -0.25) is 9.59 Å². The van der Waals surface area contributed by atoms with Gasteiger partial charge in [0.05, 0.1) is 12.5 Å². The van der Waals surface area contributed by atoms with Crippen molar-refractivity contribution in [3.63, 3.8) is 0 Å². The van der Waals surface area contributed by atoms with Gasteiger partial charge in [0.1, 0.15) is 5.75 Å². The fourth-order valence-corrected chi connectivity index (χ4v) is 2.95. The molecule has 0 radical (unpaired) electrons. The molecule has 1 aromatic carbocycles. The van der Waals surface area contributed by atoms with Gasteiger partial charge in [0.25, 0.3) is 0 Å². The van der Waals surface area contributed by atoms with Crippen molar-refractivity contribution in [2.24, 2.45) is 11.8 Å². The molecule has 1 saturated carbocycles. The third-order valence-corrected chi connectivity index (χ3v) is 4.16. The van der Waals surface area contributed by atoms with Crippen molar-refractivity contribution in [2.75, 3.05) is 13.7 Å². The van der Waals surface area contributed by atoms with Crippen LogP contribution in [0.2, 0.25) is 0 Å². The molecule has 0 saturated heterocycles. The number of hydrogen-bond donors (Lipinski definition) is 1. The van der Waals surface area contributed by atoms with Gasteiger partial charge in [-0.15, -0.1) is 0 Å². The number of amides is 1. The van der Waals surface area contributed by atoms with Gasteiger partial charge in [-0.05, 0) is 43.9 Å². The second-order valence-electron chi connectivity index (χ2n) is 5.82. The van der Waals surface area contributed by atoms with E-state index in [1.54, 1.807) is 11.9 Å². The summed E-state index contributed by atoms with van der Waals surface area (Å²) in [4.78, 5) is 25.1. The first-order valence-corrected chi connectivity index (χ1v) is 7.70. The van der Waals surface area contributed by atoms with Crippen molar-refractivity contribution in [1.29, 1.82) is 0 Å². The SMILES string of the molecule is CCOc1ccc(CN(C)C(=O)[C@@H]2CC[C@H](C(=O)O)C2)cc1. The standard InChI is InChI=1S/C17H23NO4/c1-3-22-15-8-4-12(5-9-15)11-18(2)16(19)13-6-7-14(10-13)17(20)21/h4-5,8-9,13-14H,3,6-7,10-11H2,1-2H3,(H,20,21)/t13-,14+/m1/s1. The van der Waals surface area contributed by atoms with Crippen molar-refractivity contribution in [1.82, 2.24) is 4.90 Å². The fourth-order valence-electron chi connectivity index (χ4n) is 2.95. The molecule has 22 heavy (non-hydrogen) atoms. The maximum Gasteiger partial charge on any atom is 0.306 e. The number of carbonyl (C=O) groups excluding carboxylic acids is 1. The monoisotopic (exact) mass is 305 g/mol. The summed E-state index contributed by atoms with van der Waals surface area (Å²) in [6.07, 6.45) is 1.73. The lowest BCUT2D eigenvalue weighted by atomic mass is 10.0. The third kappa shape index (κ3) is 4.00. The maximum atomic E-state index is 12.4. The predicted molar refractivity (Wildman–Crippen MR) is 82.6 cm³/mol. The smallest absolute Gasteiger partial charge is 0.306 e. The summed E-state index contributed by atoms with van der Waals surface area (Å²) in [6.45, 7) is 3.09. The van der Waals surface area contributed by atoms with Crippen LogP contribution in [0.15, 0.2) is 24.3 Å². The number of nitrogens with zero attached hydrogens (tertiary/aromatic N) is 1. The molecule has 5 nitrogen and oxygen atoms in total. The number of benzene rings is 1. The van der Waals surface area contributed by atoms with Crippen LogP contribution in [0.25, 0.3) is 0 Å². The molecule has 1 fully saturated rings. The molecule has 1 aliphatic rings. The van der Waals surface area contributed by atoms with E-state index < -0.39 is 5.97 Å². The van der Waals surface area contributed by atoms with Crippen LogP contribution in [-0.2, 0) is 16.1 Å². The number of hydrogen-bond acceptors (Lipinski definition) is 3. The summed E-state index contributed by atoms with van der Waals surface area (Å²) in [5.74, 6) is -0.455. The van der Waals surface area contributed by atoms with Gasteiger partial charge in [0.2, 0.25) is 5.91 Å². The summed E-state index contributed by atoms with van der Waals surface area (Å²) in [7, 11) is 1.77. The minimum atomic E-state index is -0.788. The Morgan fingerprint density at radius 2 is 1.86 bits per heavy atom. The molecule has 1 N–H and O–H groups in total. The van der Waals surface area contributed by atoms with Crippen molar-refractivity contribution in [2.45, 2.75) is 32.7 Å². The molecule has 0 heterocycles. The van der Waals surface area contributed by atoms with Crippen molar-refractivity contribution >= 4 is 11.9 Å². The normalized spacial score (nSPS) is 20.6. The minimum absolute atomic E-state index is 0.0395. The van der Waals surface area contributed by atoms with Gasteiger partial charge in [-0.2, -0.15) is 0 Å². The van der Waals surface area contributed by atoms with Crippen molar-refractivity contribution in [3.05, 3.63) is 29.8 Å². The molecule has 2 rings (SSSR count). The fraction of sp³-hybridized carbons (Fsp3) is 0.529. The summed E-state index contributed by atoms with van der Waals surface area (Å²) in [6, 6.07) is 7.69. The van der Waals surface area contributed by atoms with E-state index in [1.807, 2.05) is 31.2 Å². The van der Waals surface area contributed by atoms with Gasteiger partial charge in [-0.1, -0.05) is 12.1 Å². The Labute approximate surface area is 130 Å². The zero-order valence-corrected chi connectivity index (χ0v) is 13.1. The molecule has 5 heteroatoms. The van der Waals surface area contributed by atoms with Crippen LogP contribution in [0.1, 0.15) is 31.7 Å². The summed E-state index contributed by atoms with van der Waals surface area (Å²) in [5.41, 5.74) is 1.03. The van der Waals surface area contributed by atoms with E-state index in [-0.39, 0.29) is 17.7 Å². The average Bonchev–Trinajstić information content (AvgIpc) is 2.99. The highest BCUT2D eigenvalue weighted by Gasteiger charge is 2.35. The zero-order chi connectivity index (χ0) is 16.1. The summed E-state index contributed by atoms with van der Waals surface area (Å²) in [5, 5.41) is 9.02. The molecule has 1 amide bonds. The van der Waals surface area contributed by atoms with Crippen LogP contribution in [-0.4, -0.2) is 35.5 Å². The van der Waals surface area contributed by atoms with Gasteiger partial charge in [0, 0.05) is 19.5 Å². The van der Waals surface area contributed by atoms with Crippen molar-refractivity contribution < 1.29 is 19.4 Å². The second-order valence-corrected chi connectivity index (χ2v) is 5.82. The number of carbonyl (C=O) groups is 2. The third-order valence-electron chi connectivity index (χ3n) is 4.16. The number of carboxylic acid groups (broad SMARTS) is 1. The maximum absolute atomic E-state index is 12.4. The largest absolute Gasteiger partial charge is 0.494 e. The first kappa shape index (κ1) is 16.3. The van der Waals surface area contributed by atoms with E-state index in [2.05, 4.69) is 0 Å². The predicted octanol–water partition coefficient (Wildman–Crippen LogP) is 2.54. The molecule has 0 aliphatic heterocycles. The molecular formula is C17H23NO4. The van der Waals surface area contributed by atoms with Gasteiger partial charge in [-0.25, -0.2) is 0 Å². The minimum Gasteiger partial charge on any atom is -0.494 e. The Balaban J connectivity index is 1.90. The van der Waals surface area contributed by atoms with Crippen molar-refractivity contribution in [3.8, 4) is 5.75 Å². The average molecular weight is 305 g/mol. The highest BCUT2D eigenvalue weighted by Crippen LogP contribution is 2.32. The first-order chi connectivity index (χ1) is 10.5. The lowest BCUT2D eigenvalue weighted by Gasteiger charge is -2.21. The van der Waals surface area contributed by atoms with Crippen LogP contribution in [0.3, 0.4) is 0 Å². The Bertz CT molecular complexity index is 526. The van der Waals surface area contributed by atoms with Crippen LogP contribution in [0.5, 0.6) is 5.75 Å². The molecule has 0 aromatic heterocycles. The molecule has 1 aromatic rings. The number of rotatable bonds is 6. The summed E-state index contributed by atoms with van der Waals surface area (Å²) >= 11 is 0. The Kier molecular flexibility index (Phi) is 5.41. The Morgan fingerprint density at radius 3 is 2.41 bits per heavy atom.